The lowest BCUT2D eigenvalue weighted by Crippen LogP contribution is -2.32. The van der Waals surface area contributed by atoms with Crippen LogP contribution >= 0.6 is 0 Å². The van der Waals surface area contributed by atoms with Gasteiger partial charge in [0.25, 0.3) is 0 Å². The molecular weight excluding hydrogens is 224 g/mol. The highest BCUT2D eigenvalue weighted by Gasteiger charge is 2.30. The molecule has 1 atom stereocenters. The molecule has 3 nitrogen and oxygen atoms in total. The van der Waals surface area contributed by atoms with Gasteiger partial charge in [0.05, 0.1) is 0 Å². The fraction of sp³-hybridized carbons (Fsp3) is 0.533. The number of nitrogens with zero attached hydrogens (tertiary/aromatic N) is 1. The Labute approximate surface area is 109 Å². The minimum absolute atomic E-state index is 0.229. The highest BCUT2D eigenvalue weighted by atomic mass is 16.2. The molecule has 1 aliphatic heterocycles. The lowest BCUT2D eigenvalue weighted by molar-refractivity contribution is -0.117. The minimum Gasteiger partial charge on any atom is -0.312 e. The molecule has 0 saturated carbocycles. The molecule has 1 aliphatic rings. The van der Waals surface area contributed by atoms with Gasteiger partial charge in [0.2, 0.25) is 5.91 Å². The number of rotatable bonds is 3. The summed E-state index contributed by atoms with van der Waals surface area (Å²) in [6.45, 7) is 10.1. The minimum atomic E-state index is 0.229. The van der Waals surface area contributed by atoms with E-state index in [1.165, 1.54) is 16.7 Å². The van der Waals surface area contributed by atoms with Gasteiger partial charge in [-0.2, -0.15) is 0 Å². The quantitative estimate of drug-likeness (QED) is 0.887. The molecule has 1 amide bonds. The van der Waals surface area contributed by atoms with Crippen molar-refractivity contribution in [2.45, 2.75) is 40.2 Å². The Kier molecular flexibility index (Phi) is 3.71. The topological polar surface area (TPSA) is 32.3 Å². The molecule has 0 radical (unpaired) electrons. The van der Waals surface area contributed by atoms with Crippen LogP contribution in [0.1, 0.15) is 30.0 Å². The van der Waals surface area contributed by atoms with E-state index in [2.05, 4.69) is 45.1 Å². The molecule has 98 valence electrons. The standard InChI is InChI=1S/C15H22N2O/c1-5-16-13-8-15(18)17(9-13)14-7-6-10(2)11(3)12(14)4/h6-7,13,16H,5,8-9H2,1-4H3. The maximum absolute atomic E-state index is 12.1. The molecule has 3 heteroatoms. The van der Waals surface area contributed by atoms with Gasteiger partial charge in [0.1, 0.15) is 0 Å². The van der Waals surface area contributed by atoms with Crippen molar-refractivity contribution in [3.05, 3.63) is 28.8 Å². The van der Waals surface area contributed by atoms with Gasteiger partial charge < -0.3 is 10.2 Å². The molecule has 1 saturated heterocycles. The molecule has 1 aromatic rings. The summed E-state index contributed by atoms with van der Waals surface area (Å²) in [6.07, 6.45) is 0.611. The van der Waals surface area contributed by atoms with Gasteiger partial charge in [0.15, 0.2) is 0 Å². The highest BCUT2D eigenvalue weighted by molar-refractivity contribution is 5.97. The number of anilines is 1. The van der Waals surface area contributed by atoms with Crippen molar-refractivity contribution < 1.29 is 4.79 Å². The predicted octanol–water partition coefficient (Wildman–Crippen LogP) is 2.33. The number of benzene rings is 1. The Morgan fingerprint density at radius 1 is 1.28 bits per heavy atom. The van der Waals surface area contributed by atoms with Gasteiger partial charge in [-0.1, -0.05) is 13.0 Å². The summed E-state index contributed by atoms with van der Waals surface area (Å²) >= 11 is 0. The first kappa shape index (κ1) is 13.1. The Balaban J connectivity index is 2.27. The number of carbonyl (C=O) groups excluding carboxylic acids is 1. The van der Waals surface area contributed by atoms with Crippen molar-refractivity contribution in [1.82, 2.24) is 5.32 Å². The second-order valence-corrected chi connectivity index (χ2v) is 5.11. The molecule has 1 N–H and O–H groups in total. The number of aryl methyl sites for hydroxylation is 1. The summed E-state index contributed by atoms with van der Waals surface area (Å²) in [5.74, 6) is 0.229. The number of hydrogen-bond acceptors (Lipinski definition) is 2. The average molecular weight is 246 g/mol. The number of nitrogens with one attached hydrogen (secondary N) is 1. The summed E-state index contributed by atoms with van der Waals surface area (Å²) in [7, 11) is 0. The normalized spacial score (nSPS) is 19.7. The van der Waals surface area contributed by atoms with Gasteiger partial charge in [0, 0.05) is 24.7 Å². The highest BCUT2D eigenvalue weighted by Crippen LogP contribution is 2.28. The van der Waals surface area contributed by atoms with Crippen molar-refractivity contribution in [3.8, 4) is 0 Å². The van der Waals surface area contributed by atoms with Crippen LogP contribution in [0.4, 0.5) is 5.69 Å². The van der Waals surface area contributed by atoms with Crippen molar-refractivity contribution >= 4 is 11.6 Å². The van der Waals surface area contributed by atoms with E-state index in [0.29, 0.717) is 12.5 Å². The van der Waals surface area contributed by atoms with Crippen molar-refractivity contribution in [1.29, 1.82) is 0 Å². The lowest BCUT2D eigenvalue weighted by Gasteiger charge is -2.21. The van der Waals surface area contributed by atoms with E-state index >= 15 is 0 Å². The number of carbonyl (C=O) groups is 1. The average Bonchev–Trinajstić information content (AvgIpc) is 2.68. The molecule has 18 heavy (non-hydrogen) atoms. The zero-order chi connectivity index (χ0) is 13.3. The zero-order valence-corrected chi connectivity index (χ0v) is 11.7. The summed E-state index contributed by atoms with van der Waals surface area (Å²) in [4.78, 5) is 14.0. The molecule has 0 aromatic heterocycles. The van der Waals surface area contributed by atoms with Crippen LogP contribution in [-0.2, 0) is 4.79 Å². The number of likely N-dealkylation sites (N-methyl/N-ethyl adjacent to an activating group) is 1. The van der Waals surface area contributed by atoms with Gasteiger partial charge in [-0.05, 0) is 50.1 Å². The fourth-order valence-electron chi connectivity index (χ4n) is 2.60. The molecule has 0 aliphatic carbocycles. The molecular formula is C15H22N2O. The van der Waals surface area contributed by atoms with Crippen LogP contribution in [0.2, 0.25) is 0 Å². The van der Waals surface area contributed by atoms with Gasteiger partial charge in [-0.15, -0.1) is 0 Å². The third kappa shape index (κ3) is 2.27. The molecule has 0 spiro atoms. The third-order valence-corrected chi connectivity index (χ3v) is 3.94. The molecule has 1 fully saturated rings. The summed E-state index contributed by atoms with van der Waals surface area (Å²) < 4.78 is 0. The van der Waals surface area contributed by atoms with Gasteiger partial charge in [-0.3, -0.25) is 4.79 Å². The van der Waals surface area contributed by atoms with Gasteiger partial charge in [-0.25, -0.2) is 0 Å². The number of hydrogen-bond donors (Lipinski definition) is 1. The summed E-state index contributed by atoms with van der Waals surface area (Å²) in [6, 6.07) is 4.47. The van der Waals surface area contributed by atoms with Crippen LogP contribution < -0.4 is 10.2 Å². The largest absolute Gasteiger partial charge is 0.312 e. The SMILES string of the molecule is CCNC1CC(=O)N(c2ccc(C)c(C)c2C)C1. The van der Waals surface area contributed by atoms with Crippen LogP contribution in [0.25, 0.3) is 0 Å². The molecule has 1 aromatic carbocycles. The Hall–Kier alpha value is -1.35. The Morgan fingerprint density at radius 3 is 2.67 bits per heavy atom. The zero-order valence-electron chi connectivity index (χ0n) is 11.7. The second kappa shape index (κ2) is 5.11. The first-order valence-corrected chi connectivity index (χ1v) is 6.65. The Morgan fingerprint density at radius 2 is 2.00 bits per heavy atom. The maximum Gasteiger partial charge on any atom is 0.228 e. The molecule has 2 rings (SSSR count). The fourth-order valence-corrected chi connectivity index (χ4v) is 2.60. The Bertz CT molecular complexity index is 468. The maximum atomic E-state index is 12.1. The van der Waals surface area contributed by atoms with Crippen molar-refractivity contribution in [2.75, 3.05) is 18.0 Å². The van der Waals surface area contributed by atoms with Crippen LogP contribution in [-0.4, -0.2) is 25.0 Å². The second-order valence-electron chi connectivity index (χ2n) is 5.11. The van der Waals surface area contributed by atoms with E-state index in [4.69, 9.17) is 0 Å². The van der Waals surface area contributed by atoms with Crippen LogP contribution in [0, 0.1) is 20.8 Å². The molecule has 0 bridgehead atoms. The smallest absolute Gasteiger partial charge is 0.228 e. The van der Waals surface area contributed by atoms with Crippen molar-refractivity contribution in [2.24, 2.45) is 0 Å². The first-order valence-electron chi connectivity index (χ1n) is 6.65. The summed E-state index contributed by atoms with van der Waals surface area (Å²) in [5, 5.41) is 3.36. The first-order chi connectivity index (χ1) is 8.54. The van der Waals surface area contributed by atoms with Gasteiger partial charge >= 0.3 is 0 Å². The summed E-state index contributed by atoms with van der Waals surface area (Å²) in [5.41, 5.74) is 4.86. The van der Waals surface area contributed by atoms with E-state index in [9.17, 15) is 4.79 Å². The van der Waals surface area contributed by atoms with Crippen LogP contribution in [0.15, 0.2) is 12.1 Å². The van der Waals surface area contributed by atoms with Crippen molar-refractivity contribution in [3.63, 3.8) is 0 Å². The monoisotopic (exact) mass is 246 g/mol. The number of amides is 1. The van der Waals surface area contributed by atoms with E-state index in [0.717, 1.165) is 18.8 Å². The van der Waals surface area contributed by atoms with Crippen LogP contribution in [0.5, 0.6) is 0 Å². The van der Waals surface area contributed by atoms with E-state index in [1.807, 2.05) is 4.90 Å². The van der Waals surface area contributed by atoms with E-state index < -0.39 is 0 Å². The van der Waals surface area contributed by atoms with E-state index in [-0.39, 0.29) is 5.91 Å². The molecule has 1 unspecified atom stereocenters. The third-order valence-electron chi connectivity index (χ3n) is 3.94. The lowest BCUT2D eigenvalue weighted by atomic mass is 10.0. The predicted molar refractivity (Wildman–Crippen MR) is 75.1 cm³/mol. The molecule has 1 heterocycles. The van der Waals surface area contributed by atoms with Crippen LogP contribution in [0.3, 0.4) is 0 Å². The van der Waals surface area contributed by atoms with E-state index in [1.54, 1.807) is 0 Å².